The van der Waals surface area contributed by atoms with Gasteiger partial charge in [0.25, 0.3) is 0 Å². The molecule has 2 aromatic carbocycles. The molecule has 6 heteroatoms. The van der Waals surface area contributed by atoms with Crippen LogP contribution in [0.2, 0.25) is 0 Å². The first-order chi connectivity index (χ1) is 15.4. The van der Waals surface area contributed by atoms with Crippen molar-refractivity contribution in [2.24, 2.45) is 0 Å². The second kappa shape index (κ2) is 15.3. The van der Waals surface area contributed by atoms with Gasteiger partial charge in [0, 0.05) is 0 Å². The largest absolute Gasteiger partial charge is 0.507 e. The highest BCUT2D eigenvalue weighted by atomic mass is 16.5. The van der Waals surface area contributed by atoms with Crippen molar-refractivity contribution in [2.45, 2.75) is 46.0 Å². The summed E-state index contributed by atoms with van der Waals surface area (Å²) in [5.74, 6) is -1.73. The number of carbonyl (C=O) groups is 2. The lowest BCUT2D eigenvalue weighted by atomic mass is 10.0. The monoisotopic (exact) mass is 440 g/mol. The summed E-state index contributed by atoms with van der Waals surface area (Å²) < 4.78 is 5.01. The van der Waals surface area contributed by atoms with Gasteiger partial charge in [-0.25, -0.2) is 9.59 Å². The van der Waals surface area contributed by atoms with Crippen molar-refractivity contribution in [1.29, 1.82) is 0 Å². The van der Waals surface area contributed by atoms with E-state index in [2.05, 4.69) is 13.0 Å². The SMILES string of the molecule is CC/C=C\CCOC(=O)c1ccccc1O.CC/C=C\CCc1cccc(C(=O)O)c1O. The number of carboxylic acids is 1. The van der Waals surface area contributed by atoms with Crippen molar-refractivity contribution >= 4 is 11.9 Å². The molecule has 0 heterocycles. The van der Waals surface area contributed by atoms with Crippen molar-refractivity contribution in [3.05, 3.63) is 83.5 Å². The van der Waals surface area contributed by atoms with Crippen LogP contribution in [-0.4, -0.2) is 33.9 Å². The molecule has 2 aromatic rings. The number of rotatable bonds is 10. The molecule has 0 spiro atoms. The van der Waals surface area contributed by atoms with E-state index in [9.17, 15) is 19.8 Å². The first kappa shape index (κ1) is 26.5. The summed E-state index contributed by atoms with van der Waals surface area (Å²) in [4.78, 5) is 22.3. The lowest BCUT2D eigenvalue weighted by Crippen LogP contribution is -2.06. The van der Waals surface area contributed by atoms with E-state index in [4.69, 9.17) is 9.84 Å². The Kier molecular flexibility index (Phi) is 12.7. The summed E-state index contributed by atoms with van der Waals surface area (Å²) in [6.45, 7) is 4.44. The molecule has 0 aliphatic carbocycles. The van der Waals surface area contributed by atoms with Gasteiger partial charge in [0.1, 0.15) is 22.6 Å². The van der Waals surface area contributed by atoms with E-state index in [1.807, 2.05) is 25.2 Å². The molecule has 0 saturated heterocycles. The fourth-order valence-electron chi connectivity index (χ4n) is 2.72. The number of allylic oxidation sites excluding steroid dienone is 3. The van der Waals surface area contributed by atoms with Gasteiger partial charge >= 0.3 is 11.9 Å². The Bertz CT molecular complexity index is 914. The average Bonchev–Trinajstić information content (AvgIpc) is 2.78. The van der Waals surface area contributed by atoms with Gasteiger partial charge in [-0.1, -0.05) is 62.4 Å². The quantitative estimate of drug-likeness (QED) is 0.242. The molecule has 0 bridgehead atoms. The minimum absolute atomic E-state index is 0.0306. The number of phenolic OH excluding ortho intramolecular Hbond substituents is 1. The van der Waals surface area contributed by atoms with Gasteiger partial charge in [-0.05, 0) is 55.9 Å². The van der Waals surface area contributed by atoms with Gasteiger partial charge in [-0.3, -0.25) is 0 Å². The number of ether oxygens (including phenoxy) is 1. The Morgan fingerprint density at radius 2 is 1.47 bits per heavy atom. The number of aromatic carboxylic acids is 1. The molecule has 0 radical (unpaired) electrons. The van der Waals surface area contributed by atoms with Gasteiger partial charge in [-0.15, -0.1) is 0 Å². The first-order valence-electron chi connectivity index (χ1n) is 10.7. The van der Waals surface area contributed by atoms with E-state index >= 15 is 0 Å². The lowest BCUT2D eigenvalue weighted by Gasteiger charge is -2.05. The third-order valence-electron chi connectivity index (χ3n) is 4.38. The molecule has 3 N–H and O–H groups in total. The van der Waals surface area contributed by atoms with Gasteiger partial charge < -0.3 is 20.1 Å². The molecular formula is C26H32O6. The van der Waals surface area contributed by atoms with Gasteiger partial charge in [0.05, 0.1) is 6.61 Å². The van der Waals surface area contributed by atoms with Crippen LogP contribution in [0, 0.1) is 0 Å². The zero-order valence-electron chi connectivity index (χ0n) is 18.7. The van der Waals surface area contributed by atoms with Gasteiger partial charge in [0.15, 0.2) is 0 Å². The smallest absolute Gasteiger partial charge is 0.341 e. The molecule has 0 unspecified atom stereocenters. The fourth-order valence-corrected chi connectivity index (χ4v) is 2.72. The summed E-state index contributed by atoms with van der Waals surface area (Å²) in [7, 11) is 0. The summed E-state index contributed by atoms with van der Waals surface area (Å²) in [5, 5.41) is 27.9. The maximum Gasteiger partial charge on any atom is 0.341 e. The fraction of sp³-hybridized carbons (Fsp3) is 0.308. The van der Waals surface area contributed by atoms with Crippen molar-refractivity contribution in [2.75, 3.05) is 6.61 Å². The Labute approximate surface area is 189 Å². The van der Waals surface area contributed by atoms with E-state index in [-0.39, 0.29) is 22.6 Å². The van der Waals surface area contributed by atoms with E-state index in [0.717, 1.165) is 19.3 Å². The van der Waals surface area contributed by atoms with E-state index in [1.165, 1.54) is 12.1 Å². The topological polar surface area (TPSA) is 104 Å². The van der Waals surface area contributed by atoms with Crippen molar-refractivity contribution in [1.82, 2.24) is 0 Å². The third kappa shape index (κ3) is 9.51. The summed E-state index contributed by atoms with van der Waals surface area (Å²) in [6, 6.07) is 11.2. The minimum Gasteiger partial charge on any atom is -0.507 e. The molecule has 0 atom stereocenters. The molecule has 0 aromatic heterocycles. The molecule has 0 saturated carbocycles. The van der Waals surface area contributed by atoms with E-state index in [1.54, 1.807) is 30.3 Å². The number of para-hydroxylation sites is 2. The maximum absolute atomic E-state index is 11.5. The van der Waals surface area contributed by atoms with Crippen molar-refractivity contribution in [3.8, 4) is 11.5 Å². The standard InChI is InChI=1S/2C13H16O3/c1-2-3-4-7-10-16-13(15)11-8-5-6-9-12(11)14;1-2-3-4-5-7-10-8-6-9-11(12(10)14)13(15)16/h3-6,8-9,14H,2,7,10H2,1H3;3-4,6,8-9,14H,2,5,7H2,1H3,(H,15,16)/b2*4-3-. The highest BCUT2D eigenvalue weighted by Crippen LogP contribution is 2.23. The van der Waals surface area contributed by atoms with Gasteiger partial charge in [0.2, 0.25) is 0 Å². The second-order valence-electron chi connectivity index (χ2n) is 6.86. The van der Waals surface area contributed by atoms with Crippen LogP contribution in [0.1, 0.15) is 65.8 Å². The van der Waals surface area contributed by atoms with Crippen LogP contribution >= 0.6 is 0 Å². The zero-order valence-corrected chi connectivity index (χ0v) is 18.7. The summed E-state index contributed by atoms with van der Waals surface area (Å²) >= 11 is 0. The average molecular weight is 441 g/mol. The Balaban J connectivity index is 0.000000320. The van der Waals surface area contributed by atoms with E-state index < -0.39 is 11.9 Å². The molecular weight excluding hydrogens is 408 g/mol. The molecule has 0 aliphatic heterocycles. The molecule has 0 aliphatic rings. The lowest BCUT2D eigenvalue weighted by molar-refractivity contribution is 0.0507. The summed E-state index contributed by atoms with van der Waals surface area (Å²) in [6.07, 6.45) is 12.2. The predicted molar refractivity (Wildman–Crippen MR) is 125 cm³/mol. The van der Waals surface area contributed by atoms with Crippen LogP contribution in [0.3, 0.4) is 0 Å². The highest BCUT2D eigenvalue weighted by molar-refractivity contribution is 5.92. The van der Waals surface area contributed by atoms with E-state index in [0.29, 0.717) is 25.0 Å². The molecule has 6 nitrogen and oxygen atoms in total. The number of hydrogen-bond donors (Lipinski definition) is 3. The molecule has 32 heavy (non-hydrogen) atoms. The molecule has 0 amide bonds. The molecule has 172 valence electrons. The number of esters is 1. The second-order valence-corrected chi connectivity index (χ2v) is 6.86. The van der Waals surface area contributed by atoms with Crippen molar-refractivity contribution < 1.29 is 29.6 Å². The Hall–Kier alpha value is -3.54. The van der Waals surface area contributed by atoms with Crippen LogP contribution in [0.25, 0.3) is 0 Å². The number of carboxylic acid groups (broad SMARTS) is 1. The molecule has 2 rings (SSSR count). The molecule has 0 fully saturated rings. The van der Waals surface area contributed by atoms with Gasteiger partial charge in [-0.2, -0.15) is 0 Å². The predicted octanol–water partition coefficient (Wildman–Crippen LogP) is 5.89. The number of hydrogen-bond acceptors (Lipinski definition) is 5. The van der Waals surface area contributed by atoms with Crippen LogP contribution in [0.4, 0.5) is 0 Å². The Morgan fingerprint density at radius 3 is 2.09 bits per heavy atom. The number of aryl methyl sites for hydroxylation is 1. The zero-order chi connectivity index (χ0) is 23.8. The maximum atomic E-state index is 11.5. The van der Waals surface area contributed by atoms with Crippen molar-refractivity contribution in [3.63, 3.8) is 0 Å². The summed E-state index contributed by atoms with van der Waals surface area (Å²) in [5.41, 5.74) is 0.861. The number of aromatic hydroxyl groups is 2. The number of phenols is 2. The van der Waals surface area contributed by atoms with Crippen LogP contribution < -0.4 is 0 Å². The highest BCUT2D eigenvalue weighted by Gasteiger charge is 2.12. The van der Waals surface area contributed by atoms with Crippen LogP contribution in [-0.2, 0) is 11.2 Å². The normalized spacial score (nSPS) is 10.7. The third-order valence-corrected chi connectivity index (χ3v) is 4.38. The number of carbonyl (C=O) groups excluding carboxylic acids is 1. The number of benzene rings is 2. The van der Waals surface area contributed by atoms with Crippen LogP contribution in [0.15, 0.2) is 66.8 Å². The van der Waals surface area contributed by atoms with Crippen LogP contribution in [0.5, 0.6) is 11.5 Å². The minimum atomic E-state index is -1.09. The first-order valence-corrected chi connectivity index (χ1v) is 10.7. The Morgan fingerprint density at radius 1 is 0.844 bits per heavy atom.